The van der Waals surface area contributed by atoms with Gasteiger partial charge in [0.15, 0.2) is 0 Å². The molecule has 0 saturated heterocycles. The second kappa shape index (κ2) is 10.4. The van der Waals surface area contributed by atoms with Crippen LogP contribution in [0.25, 0.3) is 0 Å². The first-order valence-corrected chi connectivity index (χ1v) is 14.3. The summed E-state index contributed by atoms with van der Waals surface area (Å²) in [6.07, 6.45) is 0.964. The minimum atomic E-state index is -3.85. The molecular weight excluding hydrogens is 533 g/mol. The largest absolute Gasteiger partial charge is 0.325 e. The number of hydrogen-bond donors (Lipinski definition) is 2. The summed E-state index contributed by atoms with van der Waals surface area (Å²) in [7, 11) is -7.67. The lowest BCUT2D eigenvalue weighted by molar-refractivity contribution is -0.114. The molecule has 0 spiro atoms. The molecule has 0 radical (unpaired) electrons. The van der Waals surface area contributed by atoms with Crippen molar-refractivity contribution < 1.29 is 21.6 Å². The molecule has 0 aliphatic carbocycles. The molecule has 35 heavy (non-hydrogen) atoms. The van der Waals surface area contributed by atoms with Gasteiger partial charge < -0.3 is 5.32 Å². The summed E-state index contributed by atoms with van der Waals surface area (Å²) in [6.45, 7) is 3.14. The molecule has 0 heterocycles. The first-order chi connectivity index (χ1) is 16.3. The van der Waals surface area contributed by atoms with Crippen LogP contribution in [0.2, 0.25) is 10.0 Å². The average molecular weight is 556 g/mol. The number of nitrogens with zero attached hydrogens (tertiary/aromatic N) is 1. The number of sulfonamides is 2. The van der Waals surface area contributed by atoms with Crippen LogP contribution in [0.4, 0.5) is 17.1 Å². The fourth-order valence-electron chi connectivity index (χ4n) is 3.14. The Labute approximate surface area is 215 Å². The minimum Gasteiger partial charge on any atom is -0.325 e. The van der Waals surface area contributed by atoms with E-state index in [-0.39, 0.29) is 20.6 Å². The van der Waals surface area contributed by atoms with E-state index in [0.29, 0.717) is 11.4 Å². The number of amides is 1. The molecule has 0 atom stereocenters. The van der Waals surface area contributed by atoms with Crippen molar-refractivity contribution in [1.82, 2.24) is 0 Å². The molecule has 3 aromatic carbocycles. The maximum Gasteiger partial charge on any atom is 0.261 e. The average Bonchev–Trinajstić information content (AvgIpc) is 2.76. The molecule has 0 aliphatic rings. The van der Waals surface area contributed by atoms with Crippen LogP contribution in [0.1, 0.15) is 11.1 Å². The molecule has 2 N–H and O–H groups in total. The Hall–Kier alpha value is -2.79. The molecule has 1 amide bonds. The van der Waals surface area contributed by atoms with Gasteiger partial charge in [0, 0.05) is 5.69 Å². The Balaban J connectivity index is 1.74. The smallest absolute Gasteiger partial charge is 0.261 e. The van der Waals surface area contributed by atoms with Gasteiger partial charge in [-0.1, -0.05) is 35.3 Å². The first-order valence-electron chi connectivity index (χ1n) is 10.2. The quantitative estimate of drug-likeness (QED) is 0.413. The van der Waals surface area contributed by atoms with Crippen molar-refractivity contribution in [1.29, 1.82) is 0 Å². The van der Waals surface area contributed by atoms with Gasteiger partial charge in [0.05, 0.1) is 32.6 Å². The molecule has 12 heteroatoms. The number of aryl methyl sites for hydroxylation is 2. The van der Waals surface area contributed by atoms with Gasteiger partial charge in [0.2, 0.25) is 15.9 Å². The summed E-state index contributed by atoms with van der Waals surface area (Å²) in [5.41, 5.74) is 2.64. The number of benzene rings is 3. The first kappa shape index (κ1) is 26.8. The zero-order chi connectivity index (χ0) is 26.0. The lowest BCUT2D eigenvalue weighted by Gasteiger charge is -2.22. The van der Waals surface area contributed by atoms with Crippen molar-refractivity contribution in [2.45, 2.75) is 18.7 Å². The van der Waals surface area contributed by atoms with Crippen molar-refractivity contribution in [2.24, 2.45) is 0 Å². The summed E-state index contributed by atoms with van der Waals surface area (Å²) in [6, 6.07) is 15.2. The van der Waals surface area contributed by atoms with Crippen LogP contribution in [0.3, 0.4) is 0 Å². The maximum atomic E-state index is 12.8. The highest BCUT2D eigenvalue weighted by atomic mass is 35.5. The van der Waals surface area contributed by atoms with Gasteiger partial charge in [0.1, 0.15) is 6.54 Å². The van der Waals surface area contributed by atoms with Crippen LogP contribution < -0.4 is 14.3 Å². The second-order valence-electron chi connectivity index (χ2n) is 7.86. The third-order valence-corrected chi connectivity index (χ3v) is 8.23. The Bertz CT molecular complexity index is 1480. The predicted molar refractivity (Wildman–Crippen MR) is 140 cm³/mol. The zero-order valence-corrected chi connectivity index (χ0v) is 22.2. The predicted octanol–water partition coefficient (Wildman–Crippen LogP) is 4.82. The number of halogens is 2. The van der Waals surface area contributed by atoms with E-state index in [1.54, 1.807) is 13.0 Å². The van der Waals surface area contributed by atoms with Gasteiger partial charge >= 0.3 is 0 Å². The van der Waals surface area contributed by atoms with Crippen LogP contribution in [-0.2, 0) is 24.8 Å². The zero-order valence-electron chi connectivity index (χ0n) is 19.0. The normalized spacial score (nSPS) is 11.7. The van der Waals surface area contributed by atoms with Gasteiger partial charge in [-0.2, -0.15) is 0 Å². The van der Waals surface area contributed by atoms with Crippen LogP contribution in [-0.4, -0.2) is 35.5 Å². The summed E-state index contributed by atoms with van der Waals surface area (Å²) >= 11 is 11.9. The van der Waals surface area contributed by atoms with Gasteiger partial charge in [0.25, 0.3) is 10.0 Å². The number of rotatable bonds is 8. The van der Waals surface area contributed by atoms with E-state index in [1.807, 2.05) is 19.1 Å². The van der Waals surface area contributed by atoms with Crippen LogP contribution in [0, 0.1) is 13.8 Å². The summed E-state index contributed by atoms with van der Waals surface area (Å²) in [4.78, 5) is 12.6. The lowest BCUT2D eigenvalue weighted by Crippen LogP contribution is -2.37. The van der Waals surface area contributed by atoms with Crippen molar-refractivity contribution in [3.05, 3.63) is 81.8 Å². The number of hydrogen-bond acceptors (Lipinski definition) is 5. The monoisotopic (exact) mass is 555 g/mol. The van der Waals surface area contributed by atoms with Crippen LogP contribution >= 0.6 is 23.2 Å². The van der Waals surface area contributed by atoms with E-state index in [1.165, 1.54) is 42.5 Å². The molecule has 0 unspecified atom stereocenters. The standard InChI is InChI=1S/C23H23Cl2N3O5S2/c1-15-4-5-16(2)22(12-15)27-35(32,33)19-9-6-17(7-10-19)26-23(29)14-28(34(3,30)31)18-8-11-20(24)21(25)13-18/h4-13,27H,14H2,1-3H3,(H,26,29). The second-order valence-corrected chi connectivity index (χ2v) is 12.3. The van der Waals surface area contributed by atoms with E-state index in [0.717, 1.165) is 21.7 Å². The Morgan fingerprint density at radius 2 is 1.54 bits per heavy atom. The van der Waals surface area contributed by atoms with Crippen LogP contribution in [0.15, 0.2) is 65.6 Å². The summed E-state index contributed by atoms with van der Waals surface area (Å²) in [5.74, 6) is -0.634. The number of nitrogens with one attached hydrogen (secondary N) is 2. The third kappa shape index (κ3) is 6.88. The topological polar surface area (TPSA) is 113 Å². The molecule has 186 valence electrons. The van der Waals surface area contributed by atoms with Crippen molar-refractivity contribution in [3.8, 4) is 0 Å². The molecule has 0 saturated carbocycles. The van der Waals surface area contributed by atoms with E-state index in [4.69, 9.17) is 23.2 Å². The van der Waals surface area contributed by atoms with E-state index >= 15 is 0 Å². The molecule has 3 rings (SSSR count). The van der Waals surface area contributed by atoms with Crippen molar-refractivity contribution >= 4 is 66.2 Å². The Kier molecular flexibility index (Phi) is 8.00. The summed E-state index contributed by atoms with van der Waals surface area (Å²) in [5, 5.41) is 2.95. The highest BCUT2D eigenvalue weighted by Crippen LogP contribution is 2.28. The highest BCUT2D eigenvalue weighted by Gasteiger charge is 2.22. The third-order valence-electron chi connectivity index (χ3n) is 4.96. The lowest BCUT2D eigenvalue weighted by atomic mass is 10.1. The van der Waals surface area contributed by atoms with Gasteiger partial charge in [-0.3, -0.25) is 13.8 Å². The summed E-state index contributed by atoms with van der Waals surface area (Å²) < 4.78 is 53.5. The number of anilines is 3. The van der Waals surface area contributed by atoms with Crippen molar-refractivity contribution in [3.63, 3.8) is 0 Å². The molecule has 0 fully saturated rings. The fraction of sp³-hybridized carbons (Fsp3) is 0.174. The minimum absolute atomic E-state index is 0.00461. The maximum absolute atomic E-state index is 12.8. The van der Waals surface area contributed by atoms with E-state index in [2.05, 4.69) is 10.0 Å². The van der Waals surface area contributed by atoms with Gasteiger partial charge in [-0.05, 0) is 73.5 Å². The number of carbonyl (C=O) groups is 1. The highest BCUT2D eigenvalue weighted by molar-refractivity contribution is 7.92. The van der Waals surface area contributed by atoms with E-state index in [9.17, 15) is 21.6 Å². The van der Waals surface area contributed by atoms with Crippen LogP contribution in [0.5, 0.6) is 0 Å². The molecule has 0 aliphatic heterocycles. The number of carbonyl (C=O) groups excluding carboxylic acids is 1. The van der Waals surface area contributed by atoms with Gasteiger partial charge in [-0.15, -0.1) is 0 Å². The SMILES string of the molecule is Cc1ccc(C)c(NS(=O)(=O)c2ccc(NC(=O)CN(c3ccc(Cl)c(Cl)c3)S(C)(=O)=O)cc2)c1. The molecule has 0 aromatic heterocycles. The Morgan fingerprint density at radius 3 is 2.14 bits per heavy atom. The van der Waals surface area contributed by atoms with Gasteiger partial charge in [-0.25, -0.2) is 16.8 Å². The molecular formula is C23H23Cl2N3O5S2. The van der Waals surface area contributed by atoms with E-state index < -0.39 is 32.5 Å². The Morgan fingerprint density at radius 1 is 0.886 bits per heavy atom. The molecule has 8 nitrogen and oxygen atoms in total. The fourth-order valence-corrected chi connectivity index (χ4v) is 5.40. The van der Waals surface area contributed by atoms with Crippen molar-refractivity contribution in [2.75, 3.05) is 27.1 Å². The molecule has 0 bridgehead atoms. The molecule has 3 aromatic rings.